The molecule has 1 heterocycles. The molecule has 1 aromatic carbocycles. The second-order valence-corrected chi connectivity index (χ2v) is 5.12. The lowest BCUT2D eigenvalue weighted by Crippen LogP contribution is -2.48. The van der Waals surface area contributed by atoms with Gasteiger partial charge in [-0.2, -0.15) is 5.26 Å². The van der Waals surface area contributed by atoms with Crippen LogP contribution in [0.3, 0.4) is 0 Å². The lowest BCUT2D eigenvalue weighted by Gasteiger charge is -2.30. The number of hydrogen-bond donors (Lipinski definition) is 1. The zero-order valence-electron chi connectivity index (χ0n) is 12.0. The average Bonchev–Trinajstić information content (AvgIpc) is 2.52. The van der Waals surface area contributed by atoms with Gasteiger partial charge in [0.05, 0.1) is 18.6 Å². The minimum atomic E-state index is -0.760. The Kier molecular flexibility index (Phi) is 4.29. The molecule has 2 rings (SSSR count). The highest BCUT2D eigenvalue weighted by molar-refractivity contribution is 5.85. The quantitative estimate of drug-likeness (QED) is 0.916. The number of carbonyl (C=O) groups is 1. The van der Waals surface area contributed by atoms with Crippen molar-refractivity contribution in [3.8, 4) is 11.8 Å². The third kappa shape index (κ3) is 2.62. The van der Waals surface area contributed by atoms with Gasteiger partial charge in [0.15, 0.2) is 0 Å². The molecule has 0 saturated heterocycles. The van der Waals surface area contributed by atoms with E-state index in [1.807, 2.05) is 38.1 Å². The summed E-state index contributed by atoms with van der Waals surface area (Å²) in [6.07, 6.45) is 1.87. The van der Waals surface area contributed by atoms with Crippen LogP contribution >= 0.6 is 0 Å². The molecular formula is C16H20N2O2. The van der Waals surface area contributed by atoms with Crippen LogP contribution in [0.1, 0.15) is 44.6 Å². The van der Waals surface area contributed by atoms with Crippen molar-refractivity contribution in [2.75, 3.05) is 6.61 Å². The normalized spacial score (nSPS) is 17.6. The smallest absolute Gasteiger partial charge is 0.229 e. The molecule has 1 amide bonds. The van der Waals surface area contributed by atoms with Gasteiger partial charge in [-0.25, -0.2) is 0 Å². The van der Waals surface area contributed by atoms with E-state index in [-0.39, 0.29) is 11.8 Å². The van der Waals surface area contributed by atoms with Crippen molar-refractivity contribution in [1.29, 1.82) is 5.26 Å². The second kappa shape index (κ2) is 5.96. The third-order valence-electron chi connectivity index (χ3n) is 4.06. The summed E-state index contributed by atoms with van der Waals surface area (Å²) in [7, 11) is 0. The molecule has 1 aliphatic rings. The maximum atomic E-state index is 12.5. The number of carbonyl (C=O) groups excluding carboxylic acids is 1. The largest absolute Gasteiger partial charge is 0.493 e. The van der Waals surface area contributed by atoms with E-state index in [0.717, 1.165) is 11.3 Å². The highest BCUT2D eigenvalue weighted by atomic mass is 16.5. The molecule has 0 bridgehead atoms. The number of amides is 1. The molecule has 0 radical (unpaired) electrons. The minimum Gasteiger partial charge on any atom is -0.493 e. The van der Waals surface area contributed by atoms with Gasteiger partial charge in [0.1, 0.15) is 11.3 Å². The summed E-state index contributed by atoms with van der Waals surface area (Å²) in [5.74, 6) is 0.464. The fourth-order valence-corrected chi connectivity index (χ4v) is 2.55. The van der Waals surface area contributed by atoms with Crippen LogP contribution in [-0.2, 0) is 4.79 Å². The Balaban J connectivity index is 2.21. The maximum absolute atomic E-state index is 12.5. The van der Waals surface area contributed by atoms with Gasteiger partial charge in [-0.3, -0.25) is 4.79 Å². The molecule has 1 N–H and O–H groups in total. The number of nitrogens with zero attached hydrogens (tertiary/aromatic N) is 1. The first-order valence-corrected chi connectivity index (χ1v) is 7.10. The van der Waals surface area contributed by atoms with Gasteiger partial charge < -0.3 is 10.1 Å². The van der Waals surface area contributed by atoms with E-state index in [9.17, 15) is 10.1 Å². The van der Waals surface area contributed by atoms with E-state index in [1.54, 1.807) is 0 Å². The predicted molar refractivity (Wildman–Crippen MR) is 76.4 cm³/mol. The van der Waals surface area contributed by atoms with Crippen molar-refractivity contribution in [2.24, 2.45) is 0 Å². The summed E-state index contributed by atoms with van der Waals surface area (Å²) in [6.45, 7) is 4.38. The first kappa shape index (κ1) is 14.4. The first-order valence-electron chi connectivity index (χ1n) is 7.10. The average molecular weight is 272 g/mol. The van der Waals surface area contributed by atoms with Crippen LogP contribution in [0.15, 0.2) is 24.3 Å². The number of nitriles is 1. The molecule has 4 nitrogen and oxygen atoms in total. The Morgan fingerprint density at radius 3 is 2.80 bits per heavy atom. The molecule has 0 aromatic heterocycles. The monoisotopic (exact) mass is 272 g/mol. The SMILES string of the molecule is CCC(C#N)(CC)NC(=O)C1CCOc2ccccc21. The van der Waals surface area contributed by atoms with Crippen LogP contribution in [-0.4, -0.2) is 18.1 Å². The van der Waals surface area contributed by atoms with E-state index in [4.69, 9.17) is 4.74 Å². The highest BCUT2D eigenvalue weighted by Gasteiger charge is 2.33. The number of rotatable bonds is 4. The second-order valence-electron chi connectivity index (χ2n) is 5.12. The fraction of sp³-hybridized carbons (Fsp3) is 0.500. The van der Waals surface area contributed by atoms with Gasteiger partial charge in [0.2, 0.25) is 5.91 Å². The number of ether oxygens (including phenoxy) is 1. The van der Waals surface area contributed by atoms with Crippen molar-refractivity contribution in [3.05, 3.63) is 29.8 Å². The molecular weight excluding hydrogens is 252 g/mol. The zero-order chi connectivity index (χ0) is 14.6. The van der Waals surface area contributed by atoms with Crippen LogP contribution in [0.2, 0.25) is 0 Å². The standard InChI is InChI=1S/C16H20N2O2/c1-3-16(4-2,11-17)18-15(19)13-9-10-20-14-8-6-5-7-12(13)14/h5-8,13H,3-4,9-10H2,1-2H3,(H,18,19). The Labute approximate surface area is 119 Å². The van der Waals surface area contributed by atoms with E-state index in [2.05, 4.69) is 11.4 Å². The molecule has 4 heteroatoms. The zero-order valence-corrected chi connectivity index (χ0v) is 12.0. The number of fused-ring (bicyclic) bond motifs is 1. The van der Waals surface area contributed by atoms with Crippen LogP contribution < -0.4 is 10.1 Å². The van der Waals surface area contributed by atoms with Gasteiger partial charge in [-0.15, -0.1) is 0 Å². The Morgan fingerprint density at radius 1 is 1.45 bits per heavy atom. The molecule has 1 aromatic rings. The van der Waals surface area contributed by atoms with Crippen molar-refractivity contribution >= 4 is 5.91 Å². The summed E-state index contributed by atoms with van der Waals surface area (Å²) < 4.78 is 5.57. The molecule has 0 spiro atoms. The number of hydrogen-bond acceptors (Lipinski definition) is 3. The summed E-state index contributed by atoms with van der Waals surface area (Å²) in [5.41, 5.74) is 0.153. The van der Waals surface area contributed by atoms with Gasteiger partial charge in [0, 0.05) is 5.56 Å². The molecule has 1 aliphatic heterocycles. The molecule has 0 fully saturated rings. The van der Waals surface area contributed by atoms with Crippen molar-refractivity contribution in [2.45, 2.75) is 44.6 Å². The summed E-state index contributed by atoms with van der Waals surface area (Å²) in [6, 6.07) is 9.86. The van der Waals surface area contributed by atoms with Crippen LogP contribution in [0.4, 0.5) is 0 Å². The Bertz CT molecular complexity index is 530. The Morgan fingerprint density at radius 2 is 2.15 bits per heavy atom. The number of nitrogens with one attached hydrogen (secondary N) is 1. The van der Waals surface area contributed by atoms with E-state index in [0.29, 0.717) is 25.9 Å². The highest BCUT2D eigenvalue weighted by Crippen LogP contribution is 2.34. The molecule has 106 valence electrons. The first-order chi connectivity index (χ1) is 9.65. The fourth-order valence-electron chi connectivity index (χ4n) is 2.55. The molecule has 0 aliphatic carbocycles. The van der Waals surface area contributed by atoms with E-state index >= 15 is 0 Å². The van der Waals surface area contributed by atoms with Crippen LogP contribution in [0.5, 0.6) is 5.75 Å². The topological polar surface area (TPSA) is 62.1 Å². The third-order valence-corrected chi connectivity index (χ3v) is 4.06. The van der Waals surface area contributed by atoms with Crippen LogP contribution in [0, 0.1) is 11.3 Å². The molecule has 0 saturated carbocycles. The Hall–Kier alpha value is -2.02. The summed E-state index contributed by atoms with van der Waals surface area (Å²) in [5, 5.41) is 12.3. The van der Waals surface area contributed by atoms with E-state index < -0.39 is 5.54 Å². The minimum absolute atomic E-state index is 0.0778. The summed E-state index contributed by atoms with van der Waals surface area (Å²) >= 11 is 0. The number of benzene rings is 1. The summed E-state index contributed by atoms with van der Waals surface area (Å²) in [4.78, 5) is 12.5. The van der Waals surface area contributed by atoms with Crippen molar-refractivity contribution < 1.29 is 9.53 Å². The van der Waals surface area contributed by atoms with Gasteiger partial charge in [0.25, 0.3) is 0 Å². The van der Waals surface area contributed by atoms with Gasteiger partial charge in [-0.05, 0) is 25.3 Å². The van der Waals surface area contributed by atoms with Crippen LogP contribution in [0.25, 0.3) is 0 Å². The lowest BCUT2D eigenvalue weighted by atomic mass is 9.89. The van der Waals surface area contributed by atoms with Crippen molar-refractivity contribution in [3.63, 3.8) is 0 Å². The predicted octanol–water partition coefficient (Wildman–Crippen LogP) is 2.75. The van der Waals surface area contributed by atoms with Gasteiger partial charge in [-0.1, -0.05) is 32.0 Å². The molecule has 20 heavy (non-hydrogen) atoms. The number of para-hydroxylation sites is 1. The molecule has 1 atom stereocenters. The van der Waals surface area contributed by atoms with Gasteiger partial charge >= 0.3 is 0 Å². The molecule has 1 unspecified atom stereocenters. The maximum Gasteiger partial charge on any atom is 0.229 e. The van der Waals surface area contributed by atoms with Crippen molar-refractivity contribution in [1.82, 2.24) is 5.32 Å². The van der Waals surface area contributed by atoms with E-state index in [1.165, 1.54) is 0 Å². The lowest BCUT2D eigenvalue weighted by molar-refractivity contribution is -0.124.